The van der Waals surface area contributed by atoms with Gasteiger partial charge in [-0.15, -0.1) is 0 Å². The van der Waals surface area contributed by atoms with Crippen LogP contribution < -0.4 is 24.8 Å². The molecule has 0 atom stereocenters. The standard InChI is InChI=1S/C3H2.2ClH.2Sb.Zr.H/c1-3-2;;;;;;/h1,3H;2*1H;;;;/q-1;;;;;+3;/p-2. The Bertz CT molecular complexity index is 57.2. The van der Waals surface area contributed by atoms with Gasteiger partial charge in [0, 0.05) is 0 Å². The van der Waals surface area contributed by atoms with Gasteiger partial charge >= 0.3 is 85.8 Å². The third-order valence-corrected chi connectivity index (χ3v) is 1.06. The molecule has 5 heteroatoms. The molecule has 3 radical (unpaired) electrons. The number of hydrogen-bond acceptors (Lipinski definition) is 0. The first kappa shape index (κ1) is 22.4. The predicted octanol–water partition coefficient (Wildman–Crippen LogP) is -6.75. The largest absolute Gasteiger partial charge is 3.00 e. The van der Waals surface area contributed by atoms with Crippen molar-refractivity contribution in [2.75, 3.05) is 0 Å². The van der Waals surface area contributed by atoms with E-state index in [0.29, 0.717) is 0 Å². The van der Waals surface area contributed by atoms with Crippen LogP contribution in [0.4, 0.5) is 0 Å². The van der Waals surface area contributed by atoms with Crippen LogP contribution in [0.15, 0.2) is 10.1 Å². The van der Waals surface area contributed by atoms with Crippen LogP contribution in [0.25, 0.3) is 0 Å². The summed E-state index contributed by atoms with van der Waals surface area (Å²) in [6.45, 7) is 0. The van der Waals surface area contributed by atoms with E-state index in [-0.39, 0.29) is 51.0 Å². The maximum absolute atomic E-state index is 2.91. The van der Waals surface area contributed by atoms with E-state index in [1.54, 1.807) is 22.5 Å². The summed E-state index contributed by atoms with van der Waals surface area (Å²) < 4.78 is 4.96. The van der Waals surface area contributed by atoms with Gasteiger partial charge in [-0.3, -0.25) is 0 Å². The fraction of sp³-hybridized carbons (Fsp3) is 0. The Hall–Kier alpha value is 2.71. The van der Waals surface area contributed by atoms with Crippen LogP contribution in [0.1, 0.15) is 0 Å². The van der Waals surface area contributed by atoms with Gasteiger partial charge < -0.3 is 24.8 Å². The smallest absolute Gasteiger partial charge is 3.00 e. The van der Waals surface area contributed by atoms with Crippen molar-refractivity contribution >= 4 is 49.5 Å². The third-order valence-electron chi connectivity index (χ3n) is 0.158. The number of hydrogen-bond donors (Lipinski definition) is 0. The Balaban J connectivity index is -0.0000000267. The summed E-state index contributed by atoms with van der Waals surface area (Å²) in [7, 11) is 0. The van der Waals surface area contributed by atoms with E-state index < -0.39 is 0 Å². The van der Waals surface area contributed by atoms with Gasteiger partial charge in [0.1, 0.15) is 0 Å². The molecule has 8 heavy (non-hydrogen) atoms. The van der Waals surface area contributed by atoms with E-state index in [4.69, 9.17) is 0 Å². The first-order valence-corrected chi connectivity index (χ1v) is 4.06. The normalized spacial score (nSPS) is 5.62. The van der Waals surface area contributed by atoms with Gasteiger partial charge in [0.15, 0.2) is 0 Å². The molecule has 0 spiro atoms. The summed E-state index contributed by atoms with van der Waals surface area (Å²) >= 11 is 3.05. The van der Waals surface area contributed by atoms with Crippen molar-refractivity contribution in [1.29, 1.82) is 0 Å². The molecule has 0 saturated heterocycles. The second-order valence-corrected chi connectivity index (χ2v) is 2.15. The summed E-state index contributed by atoms with van der Waals surface area (Å²) in [5.41, 5.74) is 0. The van der Waals surface area contributed by atoms with Crippen molar-refractivity contribution in [2.24, 2.45) is 0 Å². The van der Waals surface area contributed by atoms with E-state index in [9.17, 15) is 0 Å². The summed E-state index contributed by atoms with van der Waals surface area (Å²) in [4.78, 5) is 0. The van der Waals surface area contributed by atoms with Crippen LogP contribution in [0.3, 0.4) is 0 Å². The van der Waals surface area contributed by atoms with Gasteiger partial charge in [-0.2, -0.15) is 0 Å². The van der Waals surface area contributed by atoms with Gasteiger partial charge in [-0.25, -0.2) is 0 Å². The zero-order chi connectivity index (χ0) is 4.12. The molecular formula is C3H3Cl2Sb2Zr. The van der Waals surface area contributed by atoms with Crippen LogP contribution in [0.5, 0.6) is 0 Å². The van der Waals surface area contributed by atoms with Gasteiger partial charge in [-0.1, -0.05) is 0 Å². The van der Waals surface area contributed by atoms with Crippen LogP contribution in [-0.2, 0) is 26.2 Å². The minimum Gasteiger partial charge on any atom is 3.00 e. The van der Waals surface area contributed by atoms with Crippen molar-refractivity contribution in [3.63, 3.8) is 0 Å². The molecule has 0 aromatic heterocycles. The monoisotopic (exact) mass is 441 g/mol. The van der Waals surface area contributed by atoms with Gasteiger partial charge in [0.25, 0.3) is 0 Å². The molecule has 0 heterocycles. The number of allylic oxidation sites excluding steroid dienone is 1. The Morgan fingerprint density at radius 3 is 1.75 bits per heavy atom. The quantitative estimate of drug-likeness (QED) is 0.279. The maximum atomic E-state index is 2.91. The van der Waals surface area contributed by atoms with Crippen LogP contribution in [0.2, 0.25) is 0 Å². The van der Waals surface area contributed by atoms with E-state index >= 15 is 0 Å². The Kier molecular flexibility index (Phi) is 63.3. The van der Waals surface area contributed by atoms with Crippen molar-refractivity contribution in [1.82, 2.24) is 0 Å². The summed E-state index contributed by atoms with van der Waals surface area (Å²) in [6.07, 6.45) is 1.94. The van der Waals surface area contributed by atoms with E-state index in [1.807, 2.05) is 10.1 Å². The molecule has 0 aromatic rings. The van der Waals surface area contributed by atoms with Crippen molar-refractivity contribution in [2.45, 2.75) is 0 Å². The molecule has 0 unspecified atom stereocenters. The topological polar surface area (TPSA) is 0 Å². The Morgan fingerprint density at radius 1 is 1.38 bits per heavy atom. The molecule has 0 aliphatic carbocycles. The molecule has 0 saturated carbocycles. The molecule has 0 aromatic carbocycles. The first-order chi connectivity index (χ1) is 2.41. The number of halogens is 2. The summed E-state index contributed by atoms with van der Waals surface area (Å²) in [5.74, 6) is 0. The third kappa shape index (κ3) is 23.3. The Labute approximate surface area is 109 Å². The zero-order valence-electron chi connectivity index (χ0n) is 3.86. The summed E-state index contributed by atoms with van der Waals surface area (Å²) in [6, 6.07) is 0. The van der Waals surface area contributed by atoms with Crippen LogP contribution in [-0.4, -0.2) is 49.5 Å². The molecule has 43 valence electrons. The van der Waals surface area contributed by atoms with E-state index in [2.05, 4.69) is 3.95 Å². The number of rotatable bonds is 1. The second kappa shape index (κ2) is 22.6. The predicted molar refractivity (Wildman–Crippen MR) is 27.0 cm³/mol. The second-order valence-electron chi connectivity index (χ2n) is 0.462. The molecule has 0 nitrogen and oxygen atoms in total. The molecule has 0 bridgehead atoms. The SMILES string of the molecule is [Cl-].[Cl-].[Sb]=[C-]C=[CH][SbH].[Zr+3]. The maximum Gasteiger partial charge on any atom is 3.00 e. The first-order valence-electron chi connectivity index (χ1n) is 1.13. The Morgan fingerprint density at radius 2 is 1.75 bits per heavy atom. The fourth-order valence-electron chi connectivity index (χ4n) is 0.0373. The van der Waals surface area contributed by atoms with Crippen LogP contribution >= 0.6 is 0 Å². The molecule has 0 aliphatic rings. The molecule has 0 N–H and O–H groups in total. The molecule has 0 fully saturated rings. The average Bonchev–Trinajstić information content (AvgIpc) is 1.41. The van der Waals surface area contributed by atoms with Crippen LogP contribution in [0, 0.1) is 0 Å². The zero-order valence-corrected chi connectivity index (χ0v) is 13.2. The molecule has 0 amide bonds. The summed E-state index contributed by atoms with van der Waals surface area (Å²) in [5, 5.41) is 0. The van der Waals surface area contributed by atoms with Gasteiger partial charge in [0.05, 0.1) is 0 Å². The van der Waals surface area contributed by atoms with E-state index in [0.717, 1.165) is 0 Å². The molecule has 0 aliphatic heterocycles. The van der Waals surface area contributed by atoms with Crippen molar-refractivity contribution < 1.29 is 51.0 Å². The minimum absolute atomic E-state index is 0. The van der Waals surface area contributed by atoms with Gasteiger partial charge in [0.2, 0.25) is 0 Å². The fourth-order valence-corrected chi connectivity index (χ4v) is 1.68. The van der Waals surface area contributed by atoms with Crippen molar-refractivity contribution in [3.8, 4) is 0 Å². The van der Waals surface area contributed by atoms with Crippen molar-refractivity contribution in [3.05, 3.63) is 10.1 Å². The average molecular weight is 445 g/mol. The minimum atomic E-state index is 0. The van der Waals surface area contributed by atoms with Gasteiger partial charge in [-0.05, 0) is 0 Å². The molecule has 0 rings (SSSR count). The molecular weight excluding hydrogens is 442 g/mol. The van der Waals surface area contributed by atoms with E-state index in [1.165, 1.54) is 23.0 Å².